The molecule has 0 fully saturated rings. The fraction of sp³-hybridized carbons (Fsp3) is 0.286. The van der Waals surface area contributed by atoms with Gasteiger partial charge < -0.3 is 10.4 Å². The number of aromatic amines is 1. The number of benzene rings is 1. The quantitative estimate of drug-likeness (QED) is 0.636. The summed E-state index contributed by atoms with van der Waals surface area (Å²) in [6.07, 6.45) is 4.26. The molecule has 1 atom stereocenters. The van der Waals surface area contributed by atoms with Gasteiger partial charge >= 0.3 is 0 Å². The van der Waals surface area contributed by atoms with E-state index in [9.17, 15) is 9.90 Å². The Morgan fingerprint density at radius 1 is 1.22 bits per heavy atom. The fourth-order valence-corrected chi connectivity index (χ4v) is 2.95. The van der Waals surface area contributed by atoms with Gasteiger partial charge in [-0.15, -0.1) is 0 Å². The van der Waals surface area contributed by atoms with E-state index in [2.05, 4.69) is 41.3 Å². The SMILES string of the molecule is CC(C)(C)C[C@H](NC(=O)c1cc(-c2ccccc2O)n[nH]1)c1cccnc1. The molecular weight excluding hydrogens is 340 g/mol. The maximum atomic E-state index is 12.8. The zero-order chi connectivity index (χ0) is 19.4. The number of aromatic nitrogens is 3. The van der Waals surface area contributed by atoms with Gasteiger partial charge in [-0.2, -0.15) is 5.10 Å². The van der Waals surface area contributed by atoms with E-state index in [1.807, 2.05) is 18.2 Å². The molecule has 0 saturated carbocycles. The first-order chi connectivity index (χ1) is 12.8. The molecule has 27 heavy (non-hydrogen) atoms. The van der Waals surface area contributed by atoms with Crippen molar-refractivity contribution >= 4 is 5.91 Å². The Labute approximate surface area is 158 Å². The molecule has 0 aliphatic carbocycles. The second-order valence-corrected chi connectivity index (χ2v) is 7.76. The van der Waals surface area contributed by atoms with Crippen molar-refractivity contribution in [3.8, 4) is 17.0 Å². The predicted octanol–water partition coefficient (Wildman–Crippen LogP) is 4.08. The minimum atomic E-state index is -0.248. The van der Waals surface area contributed by atoms with Crippen LogP contribution in [-0.4, -0.2) is 26.2 Å². The average molecular weight is 364 g/mol. The lowest BCUT2D eigenvalue weighted by Gasteiger charge is -2.26. The lowest BCUT2D eigenvalue weighted by molar-refractivity contribution is 0.0921. The van der Waals surface area contributed by atoms with Crippen LogP contribution in [0.4, 0.5) is 0 Å². The highest BCUT2D eigenvalue weighted by atomic mass is 16.3. The summed E-state index contributed by atoms with van der Waals surface area (Å²) >= 11 is 0. The van der Waals surface area contributed by atoms with Crippen LogP contribution in [0.15, 0.2) is 54.9 Å². The summed E-state index contributed by atoms with van der Waals surface area (Å²) in [5.41, 5.74) is 2.43. The van der Waals surface area contributed by atoms with Crippen LogP contribution in [0.2, 0.25) is 0 Å². The number of hydrogen-bond donors (Lipinski definition) is 3. The Morgan fingerprint density at radius 2 is 2.00 bits per heavy atom. The monoisotopic (exact) mass is 364 g/mol. The molecule has 3 aromatic rings. The number of amides is 1. The molecule has 1 amide bonds. The molecule has 2 aromatic heterocycles. The van der Waals surface area contributed by atoms with Gasteiger partial charge in [-0.1, -0.05) is 39.0 Å². The molecule has 0 aliphatic rings. The number of para-hydroxylation sites is 1. The van der Waals surface area contributed by atoms with Crippen LogP contribution in [0, 0.1) is 5.41 Å². The summed E-state index contributed by atoms with van der Waals surface area (Å²) in [6.45, 7) is 6.40. The standard InChI is InChI=1S/C21H24N4O2/c1-21(2,3)12-18(14-7-6-10-22-13-14)23-20(27)17-11-16(24-25-17)15-8-4-5-9-19(15)26/h4-11,13,18,26H,12H2,1-3H3,(H,23,27)(H,24,25)/t18-/m0/s1. The molecule has 6 heteroatoms. The number of pyridine rings is 1. The molecule has 140 valence electrons. The van der Waals surface area contributed by atoms with Gasteiger partial charge in [0.1, 0.15) is 11.4 Å². The third kappa shape index (κ3) is 4.73. The average Bonchev–Trinajstić information content (AvgIpc) is 3.11. The van der Waals surface area contributed by atoms with Crippen molar-refractivity contribution in [2.24, 2.45) is 5.41 Å². The summed E-state index contributed by atoms with van der Waals surface area (Å²) in [7, 11) is 0. The molecule has 2 heterocycles. The maximum absolute atomic E-state index is 12.8. The van der Waals surface area contributed by atoms with Crippen molar-refractivity contribution in [1.82, 2.24) is 20.5 Å². The number of nitrogens with zero attached hydrogens (tertiary/aromatic N) is 2. The topological polar surface area (TPSA) is 90.9 Å². The smallest absolute Gasteiger partial charge is 0.269 e. The Balaban J connectivity index is 1.81. The summed E-state index contributed by atoms with van der Waals surface area (Å²) in [5.74, 6) is -0.126. The highest BCUT2D eigenvalue weighted by molar-refractivity contribution is 5.93. The molecule has 0 aliphatic heterocycles. The summed E-state index contributed by atoms with van der Waals surface area (Å²) in [4.78, 5) is 16.9. The van der Waals surface area contributed by atoms with Gasteiger partial charge in [0.25, 0.3) is 5.91 Å². The van der Waals surface area contributed by atoms with Gasteiger partial charge in [-0.05, 0) is 41.7 Å². The van der Waals surface area contributed by atoms with Crippen molar-refractivity contribution < 1.29 is 9.90 Å². The van der Waals surface area contributed by atoms with Crippen molar-refractivity contribution in [3.05, 3.63) is 66.1 Å². The van der Waals surface area contributed by atoms with Crippen LogP contribution in [-0.2, 0) is 0 Å². The highest BCUT2D eigenvalue weighted by Gasteiger charge is 2.23. The molecule has 3 N–H and O–H groups in total. The first-order valence-corrected chi connectivity index (χ1v) is 8.88. The van der Waals surface area contributed by atoms with Crippen molar-refractivity contribution in [1.29, 1.82) is 0 Å². The number of phenols is 1. The zero-order valence-corrected chi connectivity index (χ0v) is 15.7. The van der Waals surface area contributed by atoms with Gasteiger partial charge in [0.2, 0.25) is 0 Å². The molecule has 0 spiro atoms. The van der Waals surface area contributed by atoms with Crippen LogP contribution < -0.4 is 5.32 Å². The van der Waals surface area contributed by atoms with Crippen LogP contribution in [0.3, 0.4) is 0 Å². The van der Waals surface area contributed by atoms with Crippen LogP contribution >= 0.6 is 0 Å². The summed E-state index contributed by atoms with van der Waals surface area (Å²) in [6, 6.07) is 12.2. The number of nitrogens with one attached hydrogen (secondary N) is 2. The highest BCUT2D eigenvalue weighted by Crippen LogP contribution is 2.30. The van der Waals surface area contributed by atoms with Crippen LogP contribution in [0.1, 0.15) is 49.3 Å². The molecule has 0 radical (unpaired) electrons. The Bertz CT molecular complexity index is 913. The van der Waals surface area contributed by atoms with Gasteiger partial charge in [0, 0.05) is 18.0 Å². The lowest BCUT2D eigenvalue weighted by atomic mass is 9.86. The largest absolute Gasteiger partial charge is 0.507 e. The minimum absolute atomic E-state index is 0.0305. The van der Waals surface area contributed by atoms with Crippen molar-refractivity contribution in [2.75, 3.05) is 0 Å². The van der Waals surface area contributed by atoms with E-state index in [-0.39, 0.29) is 23.1 Å². The van der Waals surface area contributed by atoms with E-state index in [0.29, 0.717) is 17.0 Å². The first kappa shape index (κ1) is 18.6. The molecule has 0 bridgehead atoms. The first-order valence-electron chi connectivity index (χ1n) is 8.88. The van der Waals surface area contributed by atoms with Crippen molar-refractivity contribution in [3.63, 3.8) is 0 Å². The van der Waals surface area contributed by atoms with Gasteiger partial charge in [0.15, 0.2) is 0 Å². The summed E-state index contributed by atoms with van der Waals surface area (Å²) in [5, 5.41) is 20.0. The molecule has 0 unspecified atom stereocenters. The predicted molar refractivity (Wildman–Crippen MR) is 104 cm³/mol. The van der Waals surface area contributed by atoms with Gasteiger partial charge in [-0.3, -0.25) is 14.9 Å². The fourth-order valence-electron chi connectivity index (χ4n) is 2.95. The molecule has 6 nitrogen and oxygen atoms in total. The zero-order valence-electron chi connectivity index (χ0n) is 15.7. The van der Waals surface area contributed by atoms with Crippen molar-refractivity contribution in [2.45, 2.75) is 33.2 Å². The van der Waals surface area contributed by atoms with Gasteiger partial charge in [-0.25, -0.2) is 0 Å². The number of H-pyrrole nitrogens is 1. The molecule has 3 rings (SSSR count). The van der Waals surface area contributed by atoms with E-state index in [0.717, 1.165) is 12.0 Å². The molecular formula is C21H24N4O2. The van der Waals surface area contributed by atoms with Gasteiger partial charge in [0.05, 0.1) is 11.7 Å². The Hall–Kier alpha value is -3.15. The Kier molecular flexibility index (Phi) is 5.26. The Morgan fingerprint density at radius 3 is 2.67 bits per heavy atom. The lowest BCUT2D eigenvalue weighted by Crippen LogP contribution is -2.31. The second-order valence-electron chi connectivity index (χ2n) is 7.76. The minimum Gasteiger partial charge on any atom is -0.507 e. The third-order valence-electron chi connectivity index (χ3n) is 4.21. The van der Waals surface area contributed by atoms with E-state index < -0.39 is 0 Å². The van der Waals surface area contributed by atoms with Crippen LogP contribution in [0.5, 0.6) is 5.75 Å². The molecule has 1 aromatic carbocycles. The number of aromatic hydroxyl groups is 1. The third-order valence-corrected chi connectivity index (χ3v) is 4.21. The number of carbonyl (C=O) groups excluding carboxylic acids is 1. The normalized spacial score (nSPS) is 12.6. The molecule has 0 saturated heterocycles. The maximum Gasteiger partial charge on any atom is 0.269 e. The summed E-state index contributed by atoms with van der Waals surface area (Å²) < 4.78 is 0. The van der Waals surface area contributed by atoms with E-state index in [1.54, 1.807) is 36.7 Å². The number of hydrogen-bond acceptors (Lipinski definition) is 4. The number of carbonyl (C=O) groups is 1. The number of rotatable bonds is 5. The van der Waals surface area contributed by atoms with E-state index in [1.165, 1.54) is 0 Å². The van der Waals surface area contributed by atoms with Crippen LogP contribution in [0.25, 0.3) is 11.3 Å². The van der Waals surface area contributed by atoms with E-state index in [4.69, 9.17) is 0 Å². The number of phenolic OH excluding ortho intramolecular Hbond substituents is 1. The second kappa shape index (κ2) is 7.61. The van der Waals surface area contributed by atoms with E-state index >= 15 is 0 Å².